The topological polar surface area (TPSA) is 44.4 Å². The first-order chi connectivity index (χ1) is 6.79. The molecule has 0 aromatic heterocycles. The Morgan fingerprint density at radius 3 is 2.36 bits per heavy atom. The van der Waals surface area contributed by atoms with Crippen molar-refractivity contribution in [2.45, 2.75) is 18.9 Å². The first kappa shape index (κ1) is 9.93. The van der Waals surface area contributed by atoms with Crippen LogP contribution in [0, 0.1) is 5.92 Å². The van der Waals surface area contributed by atoms with Crippen molar-refractivity contribution in [2.75, 3.05) is 33.2 Å². The average molecular weight is 197 g/mol. The molecule has 0 atom stereocenters. The molecule has 4 heteroatoms. The largest absolute Gasteiger partial charge is 0.342 e. The van der Waals surface area contributed by atoms with E-state index in [0.717, 1.165) is 39.0 Å². The number of carbonyl (C=O) groups excluding carboxylic acids is 1. The summed E-state index contributed by atoms with van der Waals surface area (Å²) in [4.78, 5) is 13.9. The summed E-state index contributed by atoms with van der Waals surface area (Å²) in [6.45, 7) is 3.83. The Labute approximate surface area is 85.0 Å². The van der Waals surface area contributed by atoms with Crippen LogP contribution in [0.3, 0.4) is 0 Å². The van der Waals surface area contributed by atoms with E-state index in [1.54, 1.807) is 0 Å². The van der Waals surface area contributed by atoms with Gasteiger partial charge in [-0.05, 0) is 25.9 Å². The van der Waals surface area contributed by atoms with Crippen molar-refractivity contribution in [3.63, 3.8) is 0 Å². The summed E-state index contributed by atoms with van der Waals surface area (Å²) >= 11 is 0. The van der Waals surface area contributed by atoms with Crippen LogP contribution in [-0.2, 0) is 4.79 Å². The molecule has 2 aliphatic heterocycles. The van der Waals surface area contributed by atoms with Crippen molar-refractivity contribution in [1.29, 1.82) is 0 Å². The first-order valence-corrected chi connectivity index (χ1v) is 5.47. The molecule has 2 aliphatic rings. The van der Waals surface area contributed by atoms with Crippen LogP contribution < -0.4 is 10.6 Å². The van der Waals surface area contributed by atoms with E-state index in [0.29, 0.717) is 11.9 Å². The highest BCUT2D eigenvalue weighted by molar-refractivity contribution is 5.80. The van der Waals surface area contributed by atoms with Gasteiger partial charge >= 0.3 is 0 Å². The van der Waals surface area contributed by atoms with Gasteiger partial charge in [0.15, 0.2) is 0 Å². The maximum atomic E-state index is 11.9. The normalized spacial score (nSPS) is 24.4. The number of carbonyl (C=O) groups is 1. The third-order valence-electron chi connectivity index (χ3n) is 3.33. The second kappa shape index (κ2) is 4.28. The van der Waals surface area contributed by atoms with Gasteiger partial charge in [-0.3, -0.25) is 4.79 Å². The van der Waals surface area contributed by atoms with E-state index < -0.39 is 0 Å². The lowest BCUT2D eigenvalue weighted by molar-refractivity contribution is -0.138. The van der Waals surface area contributed by atoms with Gasteiger partial charge in [-0.15, -0.1) is 0 Å². The van der Waals surface area contributed by atoms with Crippen LogP contribution in [0.1, 0.15) is 12.8 Å². The zero-order valence-corrected chi connectivity index (χ0v) is 8.75. The van der Waals surface area contributed by atoms with Crippen molar-refractivity contribution >= 4 is 5.91 Å². The van der Waals surface area contributed by atoms with Gasteiger partial charge < -0.3 is 15.5 Å². The monoisotopic (exact) mass is 197 g/mol. The molecule has 2 saturated heterocycles. The minimum Gasteiger partial charge on any atom is -0.342 e. The number of hydrogen-bond acceptors (Lipinski definition) is 3. The minimum atomic E-state index is 0.245. The molecule has 0 aliphatic carbocycles. The Morgan fingerprint density at radius 1 is 1.21 bits per heavy atom. The number of hydrogen-bond donors (Lipinski definition) is 2. The average Bonchev–Trinajstić information content (AvgIpc) is 2.15. The summed E-state index contributed by atoms with van der Waals surface area (Å²) < 4.78 is 0. The molecule has 2 rings (SSSR count). The van der Waals surface area contributed by atoms with Gasteiger partial charge in [-0.1, -0.05) is 0 Å². The molecular formula is C10H19N3O. The lowest BCUT2D eigenvalue weighted by atomic mass is 9.98. The maximum Gasteiger partial charge on any atom is 0.228 e. The smallest absolute Gasteiger partial charge is 0.228 e. The fourth-order valence-corrected chi connectivity index (χ4v) is 2.13. The molecule has 80 valence electrons. The van der Waals surface area contributed by atoms with Gasteiger partial charge in [0.2, 0.25) is 5.91 Å². The lowest BCUT2D eigenvalue weighted by Crippen LogP contribution is -2.54. The van der Waals surface area contributed by atoms with Crippen LogP contribution in [0.5, 0.6) is 0 Å². The molecule has 4 nitrogen and oxygen atoms in total. The Morgan fingerprint density at radius 2 is 1.86 bits per heavy atom. The minimum absolute atomic E-state index is 0.245. The Hall–Kier alpha value is -0.610. The van der Waals surface area contributed by atoms with Crippen molar-refractivity contribution in [3.05, 3.63) is 0 Å². The number of piperidine rings is 1. The predicted octanol–water partition coefficient (Wildman–Crippen LogP) is -0.584. The summed E-state index contributed by atoms with van der Waals surface area (Å²) in [6.07, 6.45) is 2.20. The molecule has 0 bridgehead atoms. The number of rotatable bonds is 2. The van der Waals surface area contributed by atoms with Crippen LogP contribution in [0.25, 0.3) is 0 Å². The van der Waals surface area contributed by atoms with Gasteiger partial charge in [0.25, 0.3) is 0 Å². The lowest BCUT2D eigenvalue weighted by Gasteiger charge is -2.36. The maximum absolute atomic E-state index is 11.9. The van der Waals surface area contributed by atoms with Crippen LogP contribution in [0.15, 0.2) is 0 Å². The third-order valence-corrected chi connectivity index (χ3v) is 3.33. The molecule has 14 heavy (non-hydrogen) atoms. The molecule has 0 saturated carbocycles. The van der Waals surface area contributed by atoms with Crippen molar-refractivity contribution in [3.8, 4) is 0 Å². The van der Waals surface area contributed by atoms with Gasteiger partial charge in [-0.2, -0.15) is 0 Å². The Bertz CT molecular complexity index is 209. The summed E-state index contributed by atoms with van der Waals surface area (Å²) in [7, 11) is 1.96. The quantitative estimate of drug-likeness (QED) is 0.622. The van der Waals surface area contributed by atoms with Crippen LogP contribution >= 0.6 is 0 Å². The van der Waals surface area contributed by atoms with E-state index in [1.807, 2.05) is 11.9 Å². The molecule has 0 unspecified atom stereocenters. The highest BCUT2D eigenvalue weighted by Gasteiger charge is 2.31. The predicted molar refractivity (Wildman–Crippen MR) is 55.0 cm³/mol. The molecule has 0 radical (unpaired) electrons. The fourth-order valence-electron chi connectivity index (χ4n) is 2.13. The van der Waals surface area contributed by atoms with E-state index in [1.165, 1.54) is 0 Å². The summed E-state index contributed by atoms with van der Waals surface area (Å²) in [6, 6.07) is 0.462. The van der Waals surface area contributed by atoms with Crippen molar-refractivity contribution in [1.82, 2.24) is 15.5 Å². The highest BCUT2D eigenvalue weighted by atomic mass is 16.2. The summed E-state index contributed by atoms with van der Waals surface area (Å²) in [5.41, 5.74) is 0. The number of nitrogens with zero attached hydrogens (tertiary/aromatic N) is 1. The van der Waals surface area contributed by atoms with Crippen LogP contribution in [-0.4, -0.2) is 50.1 Å². The Kier molecular flexibility index (Phi) is 3.03. The molecule has 1 amide bonds. The van der Waals surface area contributed by atoms with E-state index in [9.17, 15) is 4.79 Å². The molecule has 2 fully saturated rings. The number of nitrogens with one attached hydrogen (secondary N) is 2. The van der Waals surface area contributed by atoms with Gasteiger partial charge in [0.1, 0.15) is 0 Å². The van der Waals surface area contributed by atoms with Gasteiger partial charge in [-0.25, -0.2) is 0 Å². The standard InChI is InChI=1S/C10H19N3O/c1-13(9-2-4-11-5-3-9)10(14)8-6-12-7-8/h8-9,11-12H,2-7H2,1H3. The third kappa shape index (κ3) is 1.91. The molecule has 0 aromatic carbocycles. The molecule has 0 spiro atoms. The van der Waals surface area contributed by atoms with Crippen LogP contribution in [0.2, 0.25) is 0 Å². The zero-order chi connectivity index (χ0) is 9.97. The summed E-state index contributed by atoms with van der Waals surface area (Å²) in [5, 5.41) is 6.46. The van der Waals surface area contributed by atoms with E-state index in [2.05, 4.69) is 10.6 Å². The van der Waals surface area contributed by atoms with Crippen molar-refractivity contribution in [2.24, 2.45) is 5.92 Å². The van der Waals surface area contributed by atoms with Crippen LogP contribution in [0.4, 0.5) is 0 Å². The van der Waals surface area contributed by atoms with E-state index in [-0.39, 0.29) is 5.92 Å². The van der Waals surface area contributed by atoms with E-state index >= 15 is 0 Å². The highest BCUT2D eigenvalue weighted by Crippen LogP contribution is 2.14. The second-order valence-electron chi connectivity index (χ2n) is 4.29. The molecule has 2 N–H and O–H groups in total. The zero-order valence-electron chi connectivity index (χ0n) is 8.75. The number of amides is 1. The van der Waals surface area contributed by atoms with E-state index in [4.69, 9.17) is 0 Å². The SMILES string of the molecule is CN(C(=O)C1CNC1)C1CCNCC1. The molecular weight excluding hydrogens is 178 g/mol. The molecule has 2 heterocycles. The van der Waals surface area contributed by atoms with Crippen molar-refractivity contribution < 1.29 is 4.79 Å². The first-order valence-electron chi connectivity index (χ1n) is 5.47. The Balaban J connectivity index is 1.85. The summed E-state index contributed by atoms with van der Waals surface area (Å²) in [5.74, 6) is 0.575. The van der Waals surface area contributed by atoms with Gasteiger partial charge in [0.05, 0.1) is 5.92 Å². The van der Waals surface area contributed by atoms with Gasteiger partial charge in [0, 0.05) is 26.2 Å². The second-order valence-corrected chi connectivity index (χ2v) is 4.29. The molecule has 0 aromatic rings. The fraction of sp³-hybridized carbons (Fsp3) is 0.900.